The van der Waals surface area contributed by atoms with Crippen LogP contribution in [0, 0.1) is 0 Å². The van der Waals surface area contributed by atoms with Crippen LogP contribution >= 0.6 is 0 Å². The molecule has 2 heterocycles. The van der Waals surface area contributed by atoms with Gasteiger partial charge in [-0.15, -0.1) is 0 Å². The van der Waals surface area contributed by atoms with Crippen LogP contribution in [0.15, 0.2) is 115 Å². The smallest absolute Gasteiger partial charge is 0.192 e. The summed E-state index contributed by atoms with van der Waals surface area (Å²) >= 11 is 0. The number of hydrogen-bond donors (Lipinski definition) is 0. The van der Waals surface area contributed by atoms with E-state index < -0.39 is 34.9 Å². The third-order valence-corrected chi connectivity index (χ3v) is 20.9. The molecule has 56 heavy (non-hydrogen) atoms. The van der Waals surface area contributed by atoms with E-state index in [-0.39, 0.29) is 34.5 Å². The van der Waals surface area contributed by atoms with Crippen molar-refractivity contribution in [2.45, 2.75) is 147 Å². The highest BCUT2D eigenvalue weighted by Crippen LogP contribution is 2.40. The zero-order valence-electron chi connectivity index (χ0n) is 35.6. The number of ether oxygens (including phenoxy) is 5. The number of benzene rings is 3. The summed E-state index contributed by atoms with van der Waals surface area (Å²) in [5.74, 6) is 0. The molecule has 2 aliphatic heterocycles. The highest BCUT2D eigenvalue weighted by molar-refractivity contribution is 6.74. The van der Waals surface area contributed by atoms with Gasteiger partial charge in [0.1, 0.15) is 24.4 Å². The lowest BCUT2D eigenvalue weighted by molar-refractivity contribution is -0.270. The summed E-state index contributed by atoms with van der Waals surface area (Å²) in [7, 11) is -4.13. The average molecular weight is 801 g/mol. The zero-order valence-corrected chi connectivity index (χ0v) is 37.6. The molecule has 0 spiro atoms. The molecule has 2 aliphatic rings. The van der Waals surface area contributed by atoms with Gasteiger partial charge in [-0.3, -0.25) is 0 Å². The summed E-state index contributed by atoms with van der Waals surface area (Å²) < 4.78 is 47.8. The number of hydrogen-bond acceptors (Lipinski definition) is 7. The van der Waals surface area contributed by atoms with Crippen molar-refractivity contribution in [2.24, 2.45) is 0 Å². The van der Waals surface area contributed by atoms with Gasteiger partial charge in [0.05, 0.1) is 51.3 Å². The van der Waals surface area contributed by atoms with Gasteiger partial charge in [-0.25, -0.2) is 0 Å². The Morgan fingerprint density at radius 2 is 1.20 bits per heavy atom. The maximum atomic E-state index is 7.05. The van der Waals surface area contributed by atoms with Crippen molar-refractivity contribution in [3.8, 4) is 0 Å². The largest absolute Gasteiger partial charge is 0.414 e. The van der Waals surface area contributed by atoms with Crippen LogP contribution in [0.3, 0.4) is 0 Å². The molecule has 7 nitrogen and oxygen atoms in total. The summed E-state index contributed by atoms with van der Waals surface area (Å²) in [6.45, 7) is 25.0. The maximum absolute atomic E-state index is 7.05. The quantitative estimate of drug-likeness (QED) is 0.0995. The molecule has 306 valence electrons. The molecular formula is C47H68O7Si2. The fourth-order valence-electron chi connectivity index (χ4n) is 6.38. The molecule has 1 saturated heterocycles. The van der Waals surface area contributed by atoms with Crippen LogP contribution in [0.4, 0.5) is 0 Å². The molecular weight excluding hydrogens is 733 g/mol. The van der Waals surface area contributed by atoms with Gasteiger partial charge >= 0.3 is 0 Å². The first-order chi connectivity index (χ1) is 26.5. The second kappa shape index (κ2) is 19.8. The number of fused-ring (bicyclic) bond motifs is 1. The highest BCUT2D eigenvalue weighted by atomic mass is 28.4. The third-order valence-electron chi connectivity index (χ3n) is 11.9. The third kappa shape index (κ3) is 12.6. The minimum Gasteiger partial charge on any atom is -0.414 e. The van der Waals surface area contributed by atoms with Crippen LogP contribution in [0.1, 0.15) is 64.7 Å². The molecule has 9 heteroatoms. The second-order valence-corrected chi connectivity index (χ2v) is 27.9. The Morgan fingerprint density at radius 1 is 0.679 bits per heavy atom. The Labute approximate surface area is 340 Å². The van der Waals surface area contributed by atoms with Gasteiger partial charge in [0.25, 0.3) is 0 Å². The first-order valence-electron chi connectivity index (χ1n) is 20.4. The monoisotopic (exact) mass is 800 g/mol. The molecule has 5 rings (SSSR count). The van der Waals surface area contributed by atoms with Crippen LogP contribution in [0.25, 0.3) is 0 Å². The van der Waals surface area contributed by atoms with E-state index in [2.05, 4.69) is 128 Å². The van der Waals surface area contributed by atoms with Crippen molar-refractivity contribution >= 4 is 16.6 Å². The molecule has 0 N–H and O–H groups in total. The Morgan fingerprint density at radius 3 is 1.73 bits per heavy atom. The van der Waals surface area contributed by atoms with E-state index in [1.54, 1.807) is 0 Å². The topological polar surface area (TPSA) is 64.6 Å². The minimum absolute atomic E-state index is 0.0564. The van der Waals surface area contributed by atoms with E-state index in [4.69, 9.17) is 32.5 Å². The van der Waals surface area contributed by atoms with Gasteiger partial charge in [-0.05, 0) is 59.4 Å². The maximum Gasteiger partial charge on any atom is 0.192 e. The van der Waals surface area contributed by atoms with E-state index in [0.717, 1.165) is 16.7 Å². The summed E-state index contributed by atoms with van der Waals surface area (Å²) in [6, 6.07) is 30.8. The second-order valence-electron chi connectivity index (χ2n) is 18.3. The SMILES string of the molecule is CC(C)(C)[Si](C)(C)OC[C@H](C=C[C@H]1C=CC[C@@H]2O[C@H](COCc3ccccc3)[C@@H](OCc3ccccc3)[C@H](OCc3ccccc3)[C@H]2O1)O[Si](C)(C)C(C)(C)C. The van der Waals surface area contributed by atoms with E-state index in [0.29, 0.717) is 39.5 Å². The van der Waals surface area contributed by atoms with Gasteiger partial charge < -0.3 is 32.5 Å². The fraction of sp³-hybridized carbons (Fsp3) is 0.532. The van der Waals surface area contributed by atoms with Gasteiger partial charge in [0.15, 0.2) is 16.6 Å². The van der Waals surface area contributed by atoms with Crippen molar-refractivity contribution in [3.63, 3.8) is 0 Å². The molecule has 0 bridgehead atoms. The predicted molar refractivity (Wildman–Crippen MR) is 232 cm³/mol. The highest BCUT2D eigenvalue weighted by Gasteiger charge is 2.49. The minimum atomic E-state index is -2.12. The molecule has 1 fully saturated rings. The first-order valence-corrected chi connectivity index (χ1v) is 26.2. The molecule has 0 aromatic heterocycles. The van der Waals surface area contributed by atoms with Gasteiger partial charge in [0.2, 0.25) is 0 Å². The Bertz CT molecular complexity index is 1650. The first kappa shape index (κ1) is 44.4. The Kier molecular flexibility index (Phi) is 15.7. The van der Waals surface area contributed by atoms with Crippen molar-refractivity contribution < 1.29 is 32.5 Å². The molecule has 0 unspecified atom stereocenters. The molecule has 0 radical (unpaired) electrons. The molecule has 7 atom stereocenters. The number of rotatable bonds is 17. The standard InChI is InChI=1S/C47H68O7Si2/c1-46(2,3)55(7,8)51-34-40(54-56(9,10)47(4,5)6)30-29-39-27-20-28-41-44(52-39)45(50-33-38-25-18-13-19-26-38)43(49-32-37-23-16-12-17-24-37)42(53-41)35-48-31-36-21-14-11-15-22-36/h11-27,29-30,39-45H,28,31-35H2,1-10H3/t39-,40+,41+,42-,43-,44+,45+/m1/s1. The summed E-state index contributed by atoms with van der Waals surface area (Å²) in [4.78, 5) is 0. The molecule has 0 saturated carbocycles. The van der Waals surface area contributed by atoms with E-state index in [1.165, 1.54) is 0 Å². The zero-order chi connectivity index (χ0) is 40.4. The lowest BCUT2D eigenvalue weighted by Gasteiger charge is -2.46. The van der Waals surface area contributed by atoms with E-state index >= 15 is 0 Å². The molecule has 0 amide bonds. The average Bonchev–Trinajstić information content (AvgIpc) is 3.36. The van der Waals surface area contributed by atoms with Gasteiger partial charge in [-0.2, -0.15) is 0 Å². The van der Waals surface area contributed by atoms with E-state index in [1.807, 2.05) is 54.6 Å². The van der Waals surface area contributed by atoms with Crippen molar-refractivity contribution in [3.05, 3.63) is 132 Å². The molecule has 3 aromatic carbocycles. The van der Waals surface area contributed by atoms with Gasteiger partial charge in [0, 0.05) is 0 Å². The van der Waals surface area contributed by atoms with Crippen molar-refractivity contribution in [2.75, 3.05) is 13.2 Å². The molecule has 0 aliphatic carbocycles. The van der Waals surface area contributed by atoms with Crippen LogP contribution in [-0.2, 0) is 52.4 Å². The lowest BCUT2D eigenvalue weighted by atomic mass is 9.92. The normalized spacial score (nSPS) is 24.2. The summed E-state index contributed by atoms with van der Waals surface area (Å²) in [6.07, 6.45) is 6.84. The molecule has 3 aromatic rings. The van der Waals surface area contributed by atoms with Crippen molar-refractivity contribution in [1.29, 1.82) is 0 Å². The van der Waals surface area contributed by atoms with Crippen LogP contribution in [-0.4, -0.2) is 72.6 Å². The van der Waals surface area contributed by atoms with Gasteiger partial charge in [-0.1, -0.05) is 157 Å². The van der Waals surface area contributed by atoms with Crippen LogP contribution < -0.4 is 0 Å². The summed E-state index contributed by atoms with van der Waals surface area (Å²) in [5.41, 5.74) is 3.28. The van der Waals surface area contributed by atoms with Crippen LogP contribution in [0.5, 0.6) is 0 Å². The lowest BCUT2D eigenvalue weighted by Crippen LogP contribution is -2.61. The Hall–Kier alpha value is -2.71. The summed E-state index contributed by atoms with van der Waals surface area (Å²) in [5, 5.41) is 0.153. The van der Waals surface area contributed by atoms with Crippen molar-refractivity contribution in [1.82, 2.24) is 0 Å². The fourth-order valence-corrected chi connectivity index (χ4v) is 8.65. The Balaban J connectivity index is 1.41. The van der Waals surface area contributed by atoms with Crippen LogP contribution in [0.2, 0.25) is 36.3 Å². The van der Waals surface area contributed by atoms with E-state index in [9.17, 15) is 0 Å². The predicted octanol–water partition coefficient (Wildman–Crippen LogP) is 10.8.